The highest BCUT2D eigenvalue weighted by Gasteiger charge is 2.12. The van der Waals surface area contributed by atoms with Gasteiger partial charge in [-0.2, -0.15) is 0 Å². The molecule has 3 heteroatoms. The Morgan fingerprint density at radius 2 is 2.10 bits per heavy atom. The Morgan fingerprint density at radius 1 is 1.60 bits per heavy atom. The van der Waals surface area contributed by atoms with Crippen LogP contribution in [0.4, 0.5) is 4.39 Å². The van der Waals surface area contributed by atoms with E-state index in [9.17, 15) is 9.50 Å². The fourth-order valence-electron chi connectivity index (χ4n) is 0.479. The zero-order valence-electron chi connectivity index (χ0n) is 6.82. The molecule has 0 aliphatic heterocycles. The van der Waals surface area contributed by atoms with Crippen LogP contribution < -0.4 is 5.32 Å². The van der Waals surface area contributed by atoms with E-state index in [-0.39, 0.29) is 6.04 Å². The molecule has 0 aliphatic carbocycles. The zero-order valence-corrected chi connectivity index (χ0v) is 6.82. The van der Waals surface area contributed by atoms with E-state index in [2.05, 4.69) is 5.32 Å². The number of hydrogen-bond donors (Lipinski definition) is 2. The minimum Gasteiger partial charge on any atom is -0.389 e. The highest BCUT2D eigenvalue weighted by Crippen LogP contribution is 1.98. The summed E-state index contributed by atoms with van der Waals surface area (Å²) in [4.78, 5) is 0. The van der Waals surface area contributed by atoms with Gasteiger partial charge in [0.1, 0.15) is 6.67 Å². The topological polar surface area (TPSA) is 32.3 Å². The number of alkyl halides is 1. The summed E-state index contributed by atoms with van der Waals surface area (Å²) in [5.41, 5.74) is -0.747. The monoisotopic (exact) mass is 149 g/mol. The summed E-state index contributed by atoms with van der Waals surface area (Å²) in [5, 5.41) is 12.0. The predicted octanol–water partition coefficient (Wildman–Crippen LogP) is 0.705. The van der Waals surface area contributed by atoms with E-state index in [0.717, 1.165) is 0 Å². The molecule has 62 valence electrons. The molecule has 2 nitrogen and oxygen atoms in total. The summed E-state index contributed by atoms with van der Waals surface area (Å²) in [6, 6.07) is -0.161. The Morgan fingerprint density at radius 3 is 2.40 bits per heavy atom. The van der Waals surface area contributed by atoms with Gasteiger partial charge in [0.25, 0.3) is 0 Å². The summed E-state index contributed by atoms with van der Waals surface area (Å²) in [5.74, 6) is 0. The summed E-state index contributed by atoms with van der Waals surface area (Å²) in [6.45, 7) is 5.15. The minimum absolute atomic E-state index is 0.161. The van der Waals surface area contributed by atoms with E-state index >= 15 is 0 Å². The van der Waals surface area contributed by atoms with Crippen molar-refractivity contribution >= 4 is 0 Å². The van der Waals surface area contributed by atoms with E-state index in [1.165, 1.54) is 0 Å². The van der Waals surface area contributed by atoms with E-state index in [0.29, 0.717) is 6.54 Å². The molecule has 0 saturated heterocycles. The first-order valence-electron chi connectivity index (χ1n) is 3.47. The first-order valence-corrected chi connectivity index (χ1v) is 3.47. The second kappa shape index (κ2) is 3.88. The van der Waals surface area contributed by atoms with Crippen molar-refractivity contribution in [3.63, 3.8) is 0 Å². The largest absolute Gasteiger partial charge is 0.389 e. The first kappa shape index (κ1) is 9.85. The average molecular weight is 149 g/mol. The van der Waals surface area contributed by atoms with Gasteiger partial charge >= 0.3 is 0 Å². The minimum atomic E-state index is -0.747. The van der Waals surface area contributed by atoms with Crippen LogP contribution in [0.3, 0.4) is 0 Å². The zero-order chi connectivity index (χ0) is 8.20. The van der Waals surface area contributed by atoms with Crippen LogP contribution >= 0.6 is 0 Å². The molecule has 10 heavy (non-hydrogen) atoms. The van der Waals surface area contributed by atoms with Gasteiger partial charge in [0.05, 0.1) is 5.60 Å². The van der Waals surface area contributed by atoms with E-state index < -0.39 is 12.3 Å². The molecule has 0 amide bonds. The lowest BCUT2D eigenvalue weighted by atomic mass is 10.1. The summed E-state index contributed by atoms with van der Waals surface area (Å²) < 4.78 is 11.8. The quantitative estimate of drug-likeness (QED) is 0.617. The molecule has 0 radical (unpaired) electrons. The molecular formula is C7H16FNO. The number of halogens is 1. The van der Waals surface area contributed by atoms with Crippen LogP contribution in [0.1, 0.15) is 20.8 Å². The lowest BCUT2D eigenvalue weighted by molar-refractivity contribution is 0.0760. The van der Waals surface area contributed by atoms with Gasteiger partial charge in [-0.15, -0.1) is 0 Å². The second-order valence-electron chi connectivity index (χ2n) is 3.25. The van der Waals surface area contributed by atoms with Gasteiger partial charge in [0, 0.05) is 12.6 Å². The van der Waals surface area contributed by atoms with Crippen molar-refractivity contribution in [1.82, 2.24) is 5.32 Å². The smallest absolute Gasteiger partial charge is 0.104 e. The van der Waals surface area contributed by atoms with Gasteiger partial charge in [-0.25, -0.2) is 4.39 Å². The number of aliphatic hydroxyl groups is 1. The number of rotatable bonds is 4. The van der Waals surface area contributed by atoms with Crippen LogP contribution in [0.2, 0.25) is 0 Å². The Balaban J connectivity index is 3.36. The lowest BCUT2D eigenvalue weighted by Crippen LogP contribution is -2.40. The Bertz CT molecular complexity index is 90.1. The SMILES string of the molecule is CC(CF)NCC(C)(C)O. The van der Waals surface area contributed by atoms with Gasteiger partial charge < -0.3 is 10.4 Å². The third-order valence-corrected chi connectivity index (χ3v) is 1.11. The van der Waals surface area contributed by atoms with Gasteiger partial charge in [0.2, 0.25) is 0 Å². The van der Waals surface area contributed by atoms with Crippen molar-refractivity contribution in [1.29, 1.82) is 0 Å². The number of hydrogen-bond acceptors (Lipinski definition) is 2. The average Bonchev–Trinajstić information content (AvgIpc) is 1.81. The molecular weight excluding hydrogens is 133 g/mol. The van der Waals surface area contributed by atoms with Crippen LogP contribution in [0, 0.1) is 0 Å². The molecule has 0 aliphatic rings. The van der Waals surface area contributed by atoms with E-state index in [1.807, 2.05) is 0 Å². The van der Waals surface area contributed by atoms with Gasteiger partial charge in [0.15, 0.2) is 0 Å². The van der Waals surface area contributed by atoms with Crippen molar-refractivity contribution in [3.8, 4) is 0 Å². The summed E-state index contributed by atoms with van der Waals surface area (Å²) in [7, 11) is 0. The molecule has 0 rings (SSSR count). The fourth-order valence-corrected chi connectivity index (χ4v) is 0.479. The Labute approximate surface area is 61.4 Å². The van der Waals surface area contributed by atoms with Crippen molar-refractivity contribution in [2.75, 3.05) is 13.2 Å². The highest BCUT2D eigenvalue weighted by molar-refractivity contribution is 4.70. The highest BCUT2D eigenvalue weighted by atomic mass is 19.1. The van der Waals surface area contributed by atoms with Crippen LogP contribution in [-0.4, -0.2) is 30.0 Å². The van der Waals surface area contributed by atoms with Gasteiger partial charge in [-0.05, 0) is 20.8 Å². The van der Waals surface area contributed by atoms with Crippen molar-refractivity contribution in [2.24, 2.45) is 0 Å². The van der Waals surface area contributed by atoms with Crippen LogP contribution in [0.25, 0.3) is 0 Å². The third kappa shape index (κ3) is 5.98. The molecule has 2 N–H and O–H groups in total. The van der Waals surface area contributed by atoms with Crippen molar-refractivity contribution < 1.29 is 9.50 Å². The molecule has 0 aromatic rings. The Hall–Kier alpha value is -0.150. The van der Waals surface area contributed by atoms with Gasteiger partial charge in [-0.3, -0.25) is 0 Å². The number of nitrogens with one attached hydrogen (secondary N) is 1. The third-order valence-electron chi connectivity index (χ3n) is 1.11. The standard InChI is InChI=1S/C7H16FNO/c1-6(4-8)9-5-7(2,3)10/h6,9-10H,4-5H2,1-3H3. The molecule has 0 heterocycles. The molecule has 1 atom stereocenters. The van der Waals surface area contributed by atoms with Crippen LogP contribution in [-0.2, 0) is 0 Å². The molecule has 0 spiro atoms. The van der Waals surface area contributed by atoms with Crippen LogP contribution in [0.5, 0.6) is 0 Å². The predicted molar refractivity (Wildman–Crippen MR) is 39.7 cm³/mol. The van der Waals surface area contributed by atoms with Gasteiger partial charge in [-0.1, -0.05) is 0 Å². The Kier molecular flexibility index (Phi) is 3.83. The maximum Gasteiger partial charge on any atom is 0.104 e. The molecule has 0 bridgehead atoms. The maximum absolute atomic E-state index is 11.8. The lowest BCUT2D eigenvalue weighted by Gasteiger charge is -2.19. The normalized spacial score (nSPS) is 15.3. The van der Waals surface area contributed by atoms with Crippen molar-refractivity contribution in [3.05, 3.63) is 0 Å². The molecule has 0 aromatic carbocycles. The fraction of sp³-hybridized carbons (Fsp3) is 1.00. The first-order chi connectivity index (χ1) is 4.45. The molecule has 0 saturated carbocycles. The van der Waals surface area contributed by atoms with E-state index in [1.54, 1.807) is 20.8 Å². The second-order valence-corrected chi connectivity index (χ2v) is 3.25. The molecule has 1 unspecified atom stereocenters. The molecule has 0 aromatic heterocycles. The summed E-state index contributed by atoms with van der Waals surface area (Å²) in [6.07, 6.45) is 0. The molecule has 0 fully saturated rings. The summed E-state index contributed by atoms with van der Waals surface area (Å²) >= 11 is 0. The van der Waals surface area contributed by atoms with Crippen molar-refractivity contribution in [2.45, 2.75) is 32.4 Å². The van der Waals surface area contributed by atoms with Crippen LogP contribution in [0.15, 0.2) is 0 Å². The maximum atomic E-state index is 11.8. The van der Waals surface area contributed by atoms with E-state index in [4.69, 9.17) is 0 Å².